The highest BCUT2D eigenvalue weighted by Gasteiger charge is 2.08. The summed E-state index contributed by atoms with van der Waals surface area (Å²) in [6.07, 6.45) is 0.0622. The van der Waals surface area contributed by atoms with Crippen molar-refractivity contribution < 1.29 is 9.90 Å². The second kappa shape index (κ2) is 3.59. The molecule has 0 bridgehead atoms. The van der Waals surface area contributed by atoms with Crippen LogP contribution >= 0.6 is 0 Å². The molecule has 0 radical (unpaired) electrons. The third-order valence-electron chi connectivity index (χ3n) is 1.63. The Balaban J connectivity index is 3.20. The number of aromatic carboxylic acids is 1. The van der Waals surface area contributed by atoms with Crippen molar-refractivity contribution >= 4 is 11.7 Å². The van der Waals surface area contributed by atoms with E-state index in [2.05, 4.69) is 0 Å². The van der Waals surface area contributed by atoms with Crippen molar-refractivity contribution in [3.63, 3.8) is 0 Å². The predicted octanol–water partition coefficient (Wildman–Crippen LogP) is 1.03. The minimum absolute atomic E-state index is 0.0622. The molecule has 0 amide bonds. The highest BCUT2D eigenvalue weighted by molar-refractivity contribution is 5.90. The van der Waals surface area contributed by atoms with Gasteiger partial charge in [-0.2, -0.15) is 5.26 Å². The second-order valence-corrected chi connectivity index (χ2v) is 2.56. The predicted molar refractivity (Wildman–Crippen MR) is 47.1 cm³/mol. The second-order valence-electron chi connectivity index (χ2n) is 2.56. The lowest BCUT2D eigenvalue weighted by Gasteiger charge is -2.02. The molecule has 4 heteroatoms. The van der Waals surface area contributed by atoms with Crippen LogP contribution in [0.3, 0.4) is 0 Å². The lowest BCUT2D eigenvalue weighted by molar-refractivity contribution is 0.0696. The van der Waals surface area contributed by atoms with Crippen molar-refractivity contribution in [3.8, 4) is 6.07 Å². The molecule has 0 aromatic heterocycles. The van der Waals surface area contributed by atoms with Crippen LogP contribution in [0.2, 0.25) is 0 Å². The van der Waals surface area contributed by atoms with Crippen LogP contribution in [-0.2, 0) is 6.42 Å². The molecule has 4 nitrogen and oxygen atoms in total. The van der Waals surface area contributed by atoms with E-state index < -0.39 is 5.97 Å². The topological polar surface area (TPSA) is 87.1 Å². The molecule has 0 unspecified atom stereocenters. The number of carboxylic acid groups (broad SMARTS) is 1. The summed E-state index contributed by atoms with van der Waals surface area (Å²) in [7, 11) is 0. The number of carbonyl (C=O) groups is 1. The molecule has 0 saturated heterocycles. The Morgan fingerprint density at radius 3 is 2.85 bits per heavy atom. The number of anilines is 1. The minimum atomic E-state index is -1.04. The third-order valence-corrected chi connectivity index (χ3v) is 1.63. The lowest BCUT2D eigenvalue weighted by Crippen LogP contribution is -2.02. The third kappa shape index (κ3) is 1.97. The Kier molecular flexibility index (Phi) is 2.50. The van der Waals surface area contributed by atoms with Gasteiger partial charge in [0.15, 0.2) is 0 Å². The van der Waals surface area contributed by atoms with Gasteiger partial charge < -0.3 is 10.8 Å². The number of carboxylic acids is 1. The van der Waals surface area contributed by atoms with E-state index in [1.54, 1.807) is 0 Å². The van der Waals surface area contributed by atoms with Gasteiger partial charge in [-0.15, -0.1) is 0 Å². The summed E-state index contributed by atoms with van der Waals surface area (Å²) < 4.78 is 0. The van der Waals surface area contributed by atoms with Crippen LogP contribution in [0, 0.1) is 11.3 Å². The molecule has 66 valence electrons. The summed E-state index contributed by atoms with van der Waals surface area (Å²) in [6.45, 7) is 0. The van der Waals surface area contributed by atoms with Crippen molar-refractivity contribution in [2.45, 2.75) is 6.42 Å². The maximum atomic E-state index is 10.7. The SMILES string of the molecule is N#CCc1cc(N)ccc1C(=O)O. The average molecular weight is 176 g/mol. The Labute approximate surface area is 75.2 Å². The number of nitrogen functional groups attached to an aromatic ring is 1. The normalized spacial score (nSPS) is 9.15. The highest BCUT2D eigenvalue weighted by atomic mass is 16.4. The summed E-state index contributed by atoms with van der Waals surface area (Å²) >= 11 is 0. The molecular formula is C9H8N2O2. The molecular weight excluding hydrogens is 168 g/mol. The van der Waals surface area contributed by atoms with Gasteiger partial charge in [-0.05, 0) is 23.8 Å². The average Bonchev–Trinajstić information content (AvgIpc) is 2.04. The molecule has 0 fully saturated rings. The van der Waals surface area contributed by atoms with Gasteiger partial charge >= 0.3 is 5.97 Å². The quantitative estimate of drug-likeness (QED) is 0.659. The zero-order chi connectivity index (χ0) is 9.84. The molecule has 0 spiro atoms. The maximum absolute atomic E-state index is 10.7. The van der Waals surface area contributed by atoms with Gasteiger partial charge in [-0.1, -0.05) is 0 Å². The van der Waals surface area contributed by atoms with Crippen molar-refractivity contribution in [3.05, 3.63) is 29.3 Å². The standard InChI is InChI=1S/C9H8N2O2/c10-4-3-6-5-7(11)1-2-8(6)9(12)13/h1-2,5H,3,11H2,(H,12,13). The highest BCUT2D eigenvalue weighted by Crippen LogP contribution is 2.13. The molecule has 13 heavy (non-hydrogen) atoms. The van der Waals surface area contributed by atoms with Gasteiger partial charge in [0.25, 0.3) is 0 Å². The van der Waals surface area contributed by atoms with Gasteiger partial charge in [-0.25, -0.2) is 4.79 Å². The van der Waals surface area contributed by atoms with Crippen LogP contribution < -0.4 is 5.73 Å². The van der Waals surface area contributed by atoms with Gasteiger partial charge in [0.05, 0.1) is 18.1 Å². The fourth-order valence-corrected chi connectivity index (χ4v) is 1.05. The number of nitrogens with zero attached hydrogens (tertiary/aromatic N) is 1. The van der Waals surface area contributed by atoms with Gasteiger partial charge in [0, 0.05) is 5.69 Å². The van der Waals surface area contributed by atoms with Crippen LogP contribution in [0.15, 0.2) is 18.2 Å². The molecule has 0 aliphatic heterocycles. The fraction of sp³-hybridized carbons (Fsp3) is 0.111. The smallest absolute Gasteiger partial charge is 0.336 e. The zero-order valence-electron chi connectivity index (χ0n) is 6.82. The van der Waals surface area contributed by atoms with Crippen LogP contribution in [0.1, 0.15) is 15.9 Å². The Hall–Kier alpha value is -2.02. The molecule has 3 N–H and O–H groups in total. The zero-order valence-corrected chi connectivity index (χ0v) is 6.82. The summed E-state index contributed by atoms with van der Waals surface area (Å²) in [6, 6.07) is 6.31. The summed E-state index contributed by atoms with van der Waals surface area (Å²) in [4.78, 5) is 10.7. The fourth-order valence-electron chi connectivity index (χ4n) is 1.05. The van der Waals surface area contributed by atoms with E-state index in [1.165, 1.54) is 18.2 Å². The number of rotatable bonds is 2. The summed E-state index contributed by atoms with van der Waals surface area (Å²) in [5.41, 5.74) is 6.51. The van der Waals surface area contributed by atoms with Crippen molar-refractivity contribution in [1.82, 2.24) is 0 Å². The number of nitriles is 1. The van der Waals surface area contributed by atoms with Crippen molar-refractivity contribution in [1.29, 1.82) is 5.26 Å². The van der Waals surface area contributed by atoms with Crippen LogP contribution in [0.25, 0.3) is 0 Å². The van der Waals surface area contributed by atoms with E-state index in [4.69, 9.17) is 16.1 Å². The molecule has 0 heterocycles. The molecule has 1 aromatic rings. The Morgan fingerprint density at radius 2 is 2.31 bits per heavy atom. The molecule has 0 aliphatic rings. The lowest BCUT2D eigenvalue weighted by atomic mass is 10.0. The van der Waals surface area contributed by atoms with Gasteiger partial charge in [0.1, 0.15) is 0 Å². The first kappa shape index (κ1) is 9.07. The number of nitrogens with two attached hydrogens (primary N) is 1. The monoisotopic (exact) mass is 176 g/mol. The van der Waals surface area contributed by atoms with E-state index in [0.29, 0.717) is 11.3 Å². The Morgan fingerprint density at radius 1 is 1.62 bits per heavy atom. The van der Waals surface area contributed by atoms with Gasteiger partial charge in [0.2, 0.25) is 0 Å². The first-order valence-corrected chi connectivity index (χ1v) is 3.64. The molecule has 0 saturated carbocycles. The largest absolute Gasteiger partial charge is 0.478 e. The number of hydrogen-bond donors (Lipinski definition) is 2. The molecule has 0 atom stereocenters. The van der Waals surface area contributed by atoms with Crippen LogP contribution in [-0.4, -0.2) is 11.1 Å². The molecule has 1 rings (SSSR count). The van der Waals surface area contributed by atoms with E-state index >= 15 is 0 Å². The first-order valence-electron chi connectivity index (χ1n) is 3.64. The molecule has 0 aliphatic carbocycles. The van der Waals surface area contributed by atoms with Crippen LogP contribution in [0.4, 0.5) is 5.69 Å². The summed E-state index contributed by atoms with van der Waals surface area (Å²) in [5.74, 6) is -1.04. The van der Waals surface area contributed by atoms with E-state index in [0.717, 1.165) is 0 Å². The van der Waals surface area contributed by atoms with Crippen molar-refractivity contribution in [2.24, 2.45) is 0 Å². The van der Waals surface area contributed by atoms with Crippen LogP contribution in [0.5, 0.6) is 0 Å². The van der Waals surface area contributed by atoms with Crippen molar-refractivity contribution in [2.75, 3.05) is 5.73 Å². The van der Waals surface area contributed by atoms with E-state index in [1.807, 2.05) is 6.07 Å². The van der Waals surface area contributed by atoms with Gasteiger partial charge in [-0.3, -0.25) is 0 Å². The Bertz CT molecular complexity index is 380. The molecule has 1 aromatic carbocycles. The maximum Gasteiger partial charge on any atom is 0.336 e. The number of benzene rings is 1. The van der Waals surface area contributed by atoms with E-state index in [-0.39, 0.29) is 12.0 Å². The number of hydrogen-bond acceptors (Lipinski definition) is 3. The summed E-state index contributed by atoms with van der Waals surface area (Å²) in [5, 5.41) is 17.2. The minimum Gasteiger partial charge on any atom is -0.478 e. The first-order chi connectivity index (χ1) is 6.15. The van der Waals surface area contributed by atoms with E-state index in [9.17, 15) is 4.79 Å².